The van der Waals surface area contributed by atoms with Crippen LogP contribution < -0.4 is 10.5 Å². The lowest BCUT2D eigenvalue weighted by Gasteiger charge is -2.10. The number of nitrogens with two attached hydrogens (primary N) is 1. The van der Waals surface area contributed by atoms with Gasteiger partial charge in [0, 0.05) is 18.0 Å². The number of rotatable bonds is 6. The van der Waals surface area contributed by atoms with Crippen molar-refractivity contribution in [1.82, 2.24) is 0 Å². The van der Waals surface area contributed by atoms with Gasteiger partial charge in [-0.15, -0.1) is 0 Å². The highest BCUT2D eigenvalue weighted by molar-refractivity contribution is 5.96. The summed E-state index contributed by atoms with van der Waals surface area (Å²) in [7, 11) is 0. The van der Waals surface area contributed by atoms with E-state index in [0.29, 0.717) is 18.4 Å². The molecular formula is C14H21NO2. The fourth-order valence-corrected chi connectivity index (χ4v) is 1.52. The van der Waals surface area contributed by atoms with Crippen molar-refractivity contribution in [3.8, 4) is 5.75 Å². The molecule has 1 rings (SSSR count). The van der Waals surface area contributed by atoms with Crippen LogP contribution in [0.2, 0.25) is 0 Å². The van der Waals surface area contributed by atoms with Crippen LogP contribution in [0.3, 0.4) is 0 Å². The minimum Gasteiger partial charge on any atom is -0.491 e. The third-order valence-corrected chi connectivity index (χ3v) is 2.35. The van der Waals surface area contributed by atoms with Crippen LogP contribution in [-0.4, -0.2) is 17.9 Å². The first-order valence-corrected chi connectivity index (χ1v) is 6.04. The van der Waals surface area contributed by atoms with Gasteiger partial charge >= 0.3 is 0 Å². The monoisotopic (exact) mass is 235 g/mol. The number of ether oxygens (including phenoxy) is 1. The SMILES string of the molecule is CC(N)CCC(=O)c1cccc(OC(C)C)c1. The average Bonchev–Trinajstić information content (AvgIpc) is 2.25. The Kier molecular flexibility index (Phi) is 5.16. The topological polar surface area (TPSA) is 52.3 Å². The second kappa shape index (κ2) is 6.40. The summed E-state index contributed by atoms with van der Waals surface area (Å²) in [5.74, 6) is 0.864. The molecule has 0 aliphatic rings. The van der Waals surface area contributed by atoms with Gasteiger partial charge in [0.2, 0.25) is 0 Å². The molecule has 0 aromatic heterocycles. The Morgan fingerprint density at radius 3 is 2.65 bits per heavy atom. The van der Waals surface area contributed by atoms with Gasteiger partial charge in [0.05, 0.1) is 6.10 Å². The van der Waals surface area contributed by atoms with Crippen molar-refractivity contribution in [2.24, 2.45) is 5.73 Å². The summed E-state index contributed by atoms with van der Waals surface area (Å²) in [6, 6.07) is 7.38. The molecule has 0 radical (unpaired) electrons. The molecule has 0 saturated heterocycles. The molecule has 1 aromatic carbocycles. The van der Waals surface area contributed by atoms with E-state index in [2.05, 4.69) is 0 Å². The lowest BCUT2D eigenvalue weighted by molar-refractivity contribution is 0.0977. The van der Waals surface area contributed by atoms with Crippen LogP contribution in [0.4, 0.5) is 0 Å². The highest BCUT2D eigenvalue weighted by atomic mass is 16.5. The molecule has 2 N–H and O–H groups in total. The maximum absolute atomic E-state index is 11.9. The standard InChI is InChI=1S/C14H21NO2/c1-10(2)17-13-6-4-5-12(9-13)14(16)8-7-11(3)15/h4-6,9-11H,7-8,15H2,1-3H3. The molecule has 3 nitrogen and oxygen atoms in total. The minimum absolute atomic E-state index is 0.0639. The number of hydrogen-bond acceptors (Lipinski definition) is 3. The number of hydrogen-bond donors (Lipinski definition) is 1. The van der Waals surface area contributed by atoms with Gasteiger partial charge in [0.1, 0.15) is 5.75 Å². The molecule has 0 bridgehead atoms. The third kappa shape index (κ3) is 5.00. The second-order valence-corrected chi connectivity index (χ2v) is 4.63. The van der Waals surface area contributed by atoms with Crippen molar-refractivity contribution in [2.75, 3.05) is 0 Å². The summed E-state index contributed by atoms with van der Waals surface area (Å²) in [6.45, 7) is 5.83. The summed E-state index contributed by atoms with van der Waals surface area (Å²) in [6.07, 6.45) is 1.32. The van der Waals surface area contributed by atoms with E-state index in [1.807, 2.05) is 39.0 Å². The molecule has 1 unspecified atom stereocenters. The molecule has 17 heavy (non-hydrogen) atoms. The van der Waals surface area contributed by atoms with E-state index in [0.717, 1.165) is 5.75 Å². The van der Waals surface area contributed by atoms with Crippen LogP contribution in [0.25, 0.3) is 0 Å². The molecule has 94 valence electrons. The van der Waals surface area contributed by atoms with E-state index >= 15 is 0 Å². The van der Waals surface area contributed by atoms with Crippen molar-refractivity contribution in [3.63, 3.8) is 0 Å². The molecular weight excluding hydrogens is 214 g/mol. The summed E-state index contributed by atoms with van der Waals surface area (Å²) < 4.78 is 5.55. The summed E-state index contributed by atoms with van der Waals surface area (Å²) in [5, 5.41) is 0. The first-order chi connectivity index (χ1) is 7.99. The van der Waals surface area contributed by atoms with Crippen LogP contribution in [0, 0.1) is 0 Å². The summed E-state index contributed by atoms with van der Waals surface area (Å²) >= 11 is 0. The smallest absolute Gasteiger partial charge is 0.163 e. The van der Waals surface area contributed by atoms with Crippen molar-refractivity contribution < 1.29 is 9.53 Å². The molecule has 0 fully saturated rings. The van der Waals surface area contributed by atoms with Crippen LogP contribution >= 0.6 is 0 Å². The van der Waals surface area contributed by atoms with Crippen LogP contribution in [-0.2, 0) is 0 Å². The zero-order valence-corrected chi connectivity index (χ0v) is 10.8. The fraction of sp³-hybridized carbons (Fsp3) is 0.500. The van der Waals surface area contributed by atoms with Gasteiger partial charge in [-0.05, 0) is 39.3 Å². The Bertz CT molecular complexity index is 372. The highest BCUT2D eigenvalue weighted by Crippen LogP contribution is 2.16. The van der Waals surface area contributed by atoms with Gasteiger partial charge in [-0.2, -0.15) is 0 Å². The zero-order valence-electron chi connectivity index (χ0n) is 10.8. The third-order valence-electron chi connectivity index (χ3n) is 2.35. The Morgan fingerprint density at radius 2 is 2.06 bits per heavy atom. The largest absolute Gasteiger partial charge is 0.491 e. The first kappa shape index (κ1) is 13.7. The molecule has 0 saturated carbocycles. The normalized spacial score (nSPS) is 12.5. The number of benzene rings is 1. The minimum atomic E-state index is 0.0639. The van der Waals surface area contributed by atoms with E-state index in [-0.39, 0.29) is 17.9 Å². The van der Waals surface area contributed by atoms with Gasteiger partial charge in [0.15, 0.2) is 5.78 Å². The Labute approximate surface area is 103 Å². The Morgan fingerprint density at radius 1 is 1.35 bits per heavy atom. The van der Waals surface area contributed by atoms with E-state index in [9.17, 15) is 4.79 Å². The van der Waals surface area contributed by atoms with E-state index in [4.69, 9.17) is 10.5 Å². The fourth-order valence-electron chi connectivity index (χ4n) is 1.52. The van der Waals surface area contributed by atoms with Gasteiger partial charge < -0.3 is 10.5 Å². The lowest BCUT2D eigenvalue weighted by Crippen LogP contribution is -2.16. The van der Waals surface area contributed by atoms with Crippen molar-refractivity contribution in [3.05, 3.63) is 29.8 Å². The average molecular weight is 235 g/mol. The number of Topliss-reactive ketones (excluding diaryl/α,β-unsaturated/α-hetero) is 1. The van der Waals surface area contributed by atoms with Crippen molar-refractivity contribution in [2.45, 2.75) is 45.8 Å². The lowest BCUT2D eigenvalue weighted by atomic mass is 10.0. The molecule has 0 spiro atoms. The first-order valence-electron chi connectivity index (χ1n) is 6.04. The molecule has 0 aliphatic carbocycles. The van der Waals surface area contributed by atoms with Gasteiger partial charge in [-0.25, -0.2) is 0 Å². The quantitative estimate of drug-likeness (QED) is 0.771. The maximum Gasteiger partial charge on any atom is 0.163 e. The van der Waals surface area contributed by atoms with Gasteiger partial charge in [-0.3, -0.25) is 4.79 Å². The molecule has 1 aromatic rings. The van der Waals surface area contributed by atoms with Crippen molar-refractivity contribution >= 4 is 5.78 Å². The Hall–Kier alpha value is -1.35. The molecule has 3 heteroatoms. The molecule has 0 aliphatic heterocycles. The van der Waals surface area contributed by atoms with E-state index < -0.39 is 0 Å². The number of ketones is 1. The maximum atomic E-state index is 11.9. The predicted octanol–water partition coefficient (Wildman–Crippen LogP) is 2.78. The van der Waals surface area contributed by atoms with E-state index in [1.165, 1.54) is 0 Å². The van der Waals surface area contributed by atoms with Gasteiger partial charge in [-0.1, -0.05) is 12.1 Å². The zero-order chi connectivity index (χ0) is 12.8. The Balaban J connectivity index is 2.67. The predicted molar refractivity (Wildman–Crippen MR) is 69.4 cm³/mol. The van der Waals surface area contributed by atoms with Crippen LogP contribution in [0.15, 0.2) is 24.3 Å². The number of carbonyl (C=O) groups is 1. The highest BCUT2D eigenvalue weighted by Gasteiger charge is 2.08. The summed E-state index contributed by atoms with van der Waals surface area (Å²) in [4.78, 5) is 11.9. The molecule has 0 heterocycles. The molecule has 1 atom stereocenters. The number of carbonyl (C=O) groups excluding carboxylic acids is 1. The van der Waals surface area contributed by atoms with Crippen LogP contribution in [0.1, 0.15) is 44.0 Å². The van der Waals surface area contributed by atoms with E-state index in [1.54, 1.807) is 6.07 Å². The molecule has 0 amide bonds. The summed E-state index contributed by atoms with van der Waals surface area (Å²) in [5.41, 5.74) is 6.34. The van der Waals surface area contributed by atoms with Crippen LogP contribution in [0.5, 0.6) is 5.75 Å². The van der Waals surface area contributed by atoms with Gasteiger partial charge in [0.25, 0.3) is 0 Å². The second-order valence-electron chi connectivity index (χ2n) is 4.63. The van der Waals surface area contributed by atoms with Crippen molar-refractivity contribution in [1.29, 1.82) is 0 Å².